The molecule has 0 aromatic carbocycles. The molecule has 1 atom stereocenters. The topological polar surface area (TPSA) is 60.6 Å². The SMILES string of the molecule is CCc1cc(CN)cc(N(CCOC)C(C)COC)n1. The predicted molar refractivity (Wildman–Crippen MR) is 82.1 cm³/mol. The van der Waals surface area contributed by atoms with Gasteiger partial charge in [0.05, 0.1) is 19.3 Å². The van der Waals surface area contributed by atoms with Gasteiger partial charge in [0.15, 0.2) is 0 Å². The van der Waals surface area contributed by atoms with E-state index < -0.39 is 0 Å². The molecule has 0 radical (unpaired) electrons. The fourth-order valence-corrected chi connectivity index (χ4v) is 2.16. The molecule has 20 heavy (non-hydrogen) atoms. The maximum absolute atomic E-state index is 5.78. The van der Waals surface area contributed by atoms with Crippen LogP contribution in [0.2, 0.25) is 0 Å². The predicted octanol–water partition coefficient (Wildman–Crippen LogP) is 1.59. The maximum atomic E-state index is 5.78. The van der Waals surface area contributed by atoms with Crippen molar-refractivity contribution in [3.05, 3.63) is 23.4 Å². The van der Waals surface area contributed by atoms with E-state index in [1.807, 2.05) is 0 Å². The van der Waals surface area contributed by atoms with Crippen molar-refractivity contribution in [2.45, 2.75) is 32.9 Å². The second kappa shape index (κ2) is 8.89. The highest BCUT2D eigenvalue weighted by atomic mass is 16.5. The van der Waals surface area contributed by atoms with Crippen molar-refractivity contribution in [2.75, 3.05) is 38.9 Å². The molecule has 5 heteroatoms. The quantitative estimate of drug-likeness (QED) is 0.745. The molecular formula is C15H27N3O2. The Morgan fingerprint density at radius 1 is 1.30 bits per heavy atom. The number of pyridine rings is 1. The number of aromatic nitrogens is 1. The summed E-state index contributed by atoms with van der Waals surface area (Å²) in [6.45, 7) is 6.85. The summed E-state index contributed by atoms with van der Waals surface area (Å²) in [5.41, 5.74) is 7.96. The lowest BCUT2D eigenvalue weighted by Crippen LogP contribution is -2.39. The molecule has 0 fully saturated rings. The van der Waals surface area contributed by atoms with E-state index in [4.69, 9.17) is 20.2 Å². The van der Waals surface area contributed by atoms with Crippen LogP contribution in [0.4, 0.5) is 5.82 Å². The molecule has 0 bridgehead atoms. The van der Waals surface area contributed by atoms with E-state index in [0.29, 0.717) is 19.8 Å². The van der Waals surface area contributed by atoms with Crippen LogP contribution in [-0.2, 0) is 22.4 Å². The summed E-state index contributed by atoms with van der Waals surface area (Å²) in [6.07, 6.45) is 0.900. The highest BCUT2D eigenvalue weighted by Gasteiger charge is 2.16. The minimum Gasteiger partial charge on any atom is -0.383 e. The standard InChI is InChI=1S/C15H27N3O2/c1-5-14-8-13(10-16)9-15(17-14)18(6-7-19-3)12(2)11-20-4/h8-9,12H,5-7,10-11,16H2,1-4H3. The summed E-state index contributed by atoms with van der Waals surface area (Å²) in [7, 11) is 3.42. The van der Waals surface area contributed by atoms with Gasteiger partial charge in [0, 0.05) is 33.0 Å². The largest absolute Gasteiger partial charge is 0.383 e. The van der Waals surface area contributed by atoms with Crippen molar-refractivity contribution >= 4 is 5.82 Å². The number of rotatable bonds is 9. The molecule has 0 aliphatic heterocycles. The fraction of sp³-hybridized carbons (Fsp3) is 0.667. The molecule has 1 unspecified atom stereocenters. The van der Waals surface area contributed by atoms with Gasteiger partial charge in [-0.2, -0.15) is 0 Å². The molecule has 0 saturated heterocycles. The van der Waals surface area contributed by atoms with Gasteiger partial charge < -0.3 is 20.1 Å². The number of nitrogens with two attached hydrogens (primary N) is 1. The van der Waals surface area contributed by atoms with Crippen LogP contribution >= 0.6 is 0 Å². The highest BCUT2D eigenvalue weighted by molar-refractivity contribution is 5.44. The van der Waals surface area contributed by atoms with Gasteiger partial charge in [0.25, 0.3) is 0 Å². The minimum atomic E-state index is 0.236. The van der Waals surface area contributed by atoms with Crippen LogP contribution in [0.15, 0.2) is 12.1 Å². The zero-order valence-electron chi connectivity index (χ0n) is 13.1. The Morgan fingerprint density at radius 3 is 2.60 bits per heavy atom. The Kier molecular flexibility index (Phi) is 7.51. The van der Waals surface area contributed by atoms with E-state index in [1.54, 1.807) is 14.2 Å². The van der Waals surface area contributed by atoms with E-state index in [1.165, 1.54) is 0 Å². The first-order valence-electron chi connectivity index (χ1n) is 7.10. The third-order valence-electron chi connectivity index (χ3n) is 3.29. The Bertz CT molecular complexity index is 376. The number of nitrogens with zero attached hydrogens (tertiary/aromatic N) is 2. The average Bonchev–Trinajstić information content (AvgIpc) is 2.47. The molecular weight excluding hydrogens is 254 g/mol. The molecule has 0 amide bonds. The summed E-state index contributed by atoms with van der Waals surface area (Å²) < 4.78 is 10.5. The Morgan fingerprint density at radius 2 is 2.05 bits per heavy atom. The van der Waals surface area contributed by atoms with Crippen molar-refractivity contribution in [3.8, 4) is 0 Å². The lowest BCUT2D eigenvalue weighted by Gasteiger charge is -2.30. The number of ether oxygens (including phenoxy) is 2. The zero-order chi connectivity index (χ0) is 15.0. The van der Waals surface area contributed by atoms with Crippen LogP contribution in [0.1, 0.15) is 25.1 Å². The normalized spacial score (nSPS) is 12.4. The molecule has 1 aromatic heterocycles. The molecule has 0 saturated carbocycles. The van der Waals surface area contributed by atoms with Crippen molar-refractivity contribution < 1.29 is 9.47 Å². The molecule has 114 valence electrons. The summed E-state index contributed by atoms with van der Waals surface area (Å²) >= 11 is 0. The van der Waals surface area contributed by atoms with Gasteiger partial charge >= 0.3 is 0 Å². The molecule has 1 rings (SSSR count). The van der Waals surface area contributed by atoms with Crippen molar-refractivity contribution in [2.24, 2.45) is 5.73 Å². The summed E-state index contributed by atoms with van der Waals surface area (Å²) in [4.78, 5) is 6.93. The smallest absolute Gasteiger partial charge is 0.129 e. The summed E-state index contributed by atoms with van der Waals surface area (Å²) in [5.74, 6) is 0.950. The van der Waals surface area contributed by atoms with Crippen LogP contribution in [0.25, 0.3) is 0 Å². The first-order chi connectivity index (χ1) is 9.65. The average molecular weight is 281 g/mol. The van der Waals surface area contributed by atoms with E-state index in [0.717, 1.165) is 30.0 Å². The van der Waals surface area contributed by atoms with Crippen LogP contribution in [0.5, 0.6) is 0 Å². The third-order valence-corrected chi connectivity index (χ3v) is 3.29. The van der Waals surface area contributed by atoms with Gasteiger partial charge in [-0.25, -0.2) is 4.98 Å². The third kappa shape index (κ3) is 4.74. The lowest BCUT2D eigenvalue weighted by molar-refractivity contribution is 0.170. The molecule has 1 heterocycles. The van der Waals surface area contributed by atoms with Crippen LogP contribution in [0, 0.1) is 0 Å². The number of methoxy groups -OCH3 is 2. The molecule has 0 aliphatic rings. The number of anilines is 1. The van der Waals surface area contributed by atoms with E-state index in [9.17, 15) is 0 Å². The first kappa shape index (κ1) is 16.9. The van der Waals surface area contributed by atoms with Crippen molar-refractivity contribution in [1.82, 2.24) is 4.98 Å². The van der Waals surface area contributed by atoms with Gasteiger partial charge in [-0.05, 0) is 31.0 Å². The monoisotopic (exact) mass is 281 g/mol. The zero-order valence-corrected chi connectivity index (χ0v) is 13.1. The maximum Gasteiger partial charge on any atom is 0.129 e. The van der Waals surface area contributed by atoms with Gasteiger partial charge in [-0.3, -0.25) is 0 Å². The minimum absolute atomic E-state index is 0.236. The lowest BCUT2D eigenvalue weighted by atomic mass is 10.1. The number of hydrogen-bond donors (Lipinski definition) is 1. The number of aryl methyl sites for hydroxylation is 1. The first-order valence-corrected chi connectivity index (χ1v) is 7.10. The Balaban J connectivity index is 3.04. The Labute approximate surface area is 122 Å². The van der Waals surface area contributed by atoms with Crippen molar-refractivity contribution in [1.29, 1.82) is 0 Å². The Hall–Kier alpha value is -1.17. The van der Waals surface area contributed by atoms with Crippen LogP contribution < -0.4 is 10.6 Å². The fourth-order valence-electron chi connectivity index (χ4n) is 2.16. The second-order valence-corrected chi connectivity index (χ2v) is 4.87. The van der Waals surface area contributed by atoms with Gasteiger partial charge in [-0.1, -0.05) is 6.92 Å². The van der Waals surface area contributed by atoms with Crippen molar-refractivity contribution in [3.63, 3.8) is 0 Å². The van der Waals surface area contributed by atoms with Crippen LogP contribution in [0.3, 0.4) is 0 Å². The molecule has 0 aliphatic carbocycles. The highest BCUT2D eigenvalue weighted by Crippen LogP contribution is 2.18. The van der Waals surface area contributed by atoms with E-state index in [2.05, 4.69) is 30.9 Å². The number of hydrogen-bond acceptors (Lipinski definition) is 5. The molecule has 2 N–H and O–H groups in total. The molecule has 0 spiro atoms. The molecule has 1 aromatic rings. The van der Waals surface area contributed by atoms with Gasteiger partial charge in [0.2, 0.25) is 0 Å². The van der Waals surface area contributed by atoms with Gasteiger partial charge in [0.1, 0.15) is 5.82 Å². The molecule has 5 nitrogen and oxygen atoms in total. The summed E-state index contributed by atoms with van der Waals surface area (Å²) in [5, 5.41) is 0. The van der Waals surface area contributed by atoms with Gasteiger partial charge in [-0.15, -0.1) is 0 Å². The van der Waals surface area contributed by atoms with E-state index in [-0.39, 0.29) is 6.04 Å². The summed E-state index contributed by atoms with van der Waals surface area (Å²) in [6, 6.07) is 4.36. The second-order valence-electron chi connectivity index (χ2n) is 4.87. The van der Waals surface area contributed by atoms with Crippen LogP contribution in [-0.4, -0.2) is 45.0 Å². The van der Waals surface area contributed by atoms with E-state index >= 15 is 0 Å².